The summed E-state index contributed by atoms with van der Waals surface area (Å²) in [6.45, 7) is 2.63. The van der Waals surface area contributed by atoms with Crippen molar-refractivity contribution in [3.8, 4) is 5.69 Å². The van der Waals surface area contributed by atoms with Gasteiger partial charge in [0.05, 0.1) is 23.8 Å². The lowest BCUT2D eigenvalue weighted by Crippen LogP contribution is -2.36. The summed E-state index contributed by atoms with van der Waals surface area (Å²) in [7, 11) is 0. The van der Waals surface area contributed by atoms with E-state index in [2.05, 4.69) is 30.8 Å². The van der Waals surface area contributed by atoms with Gasteiger partial charge in [0, 0.05) is 25.8 Å². The minimum Gasteiger partial charge on any atom is -0.381 e. The Morgan fingerprint density at radius 3 is 2.61 bits per heavy atom. The number of ether oxygens (including phenoxy) is 1. The topological polar surface area (TPSA) is 112 Å². The Bertz CT molecular complexity index is 1030. The molecule has 0 saturated carbocycles. The Labute approximate surface area is 182 Å². The summed E-state index contributed by atoms with van der Waals surface area (Å²) in [5.74, 6) is 1.06. The molecule has 0 spiro atoms. The third-order valence-electron chi connectivity index (χ3n) is 5.05. The SMILES string of the molecule is O=C(NCc1ncnn1CC1CCOCC1)NCc1ncnn1-c1ccc(Cl)c(F)c1. The zero-order valence-corrected chi connectivity index (χ0v) is 17.4. The molecule has 1 aliphatic rings. The Kier molecular flexibility index (Phi) is 6.73. The molecule has 1 fully saturated rings. The van der Waals surface area contributed by atoms with Crippen molar-refractivity contribution in [2.45, 2.75) is 32.5 Å². The van der Waals surface area contributed by atoms with Crippen LogP contribution < -0.4 is 10.6 Å². The van der Waals surface area contributed by atoms with Crippen molar-refractivity contribution < 1.29 is 13.9 Å². The van der Waals surface area contributed by atoms with Gasteiger partial charge in [0.2, 0.25) is 0 Å². The third kappa shape index (κ3) is 5.36. The van der Waals surface area contributed by atoms with Crippen LogP contribution in [0.3, 0.4) is 0 Å². The van der Waals surface area contributed by atoms with Crippen LogP contribution in [0.5, 0.6) is 0 Å². The lowest BCUT2D eigenvalue weighted by atomic mass is 10.0. The van der Waals surface area contributed by atoms with Gasteiger partial charge in [0.25, 0.3) is 0 Å². The van der Waals surface area contributed by atoms with Crippen molar-refractivity contribution in [2.24, 2.45) is 5.92 Å². The molecule has 1 saturated heterocycles. The molecule has 12 heteroatoms. The molecule has 2 amide bonds. The molecule has 0 radical (unpaired) electrons. The minimum atomic E-state index is -0.559. The first kappa shape index (κ1) is 21.2. The van der Waals surface area contributed by atoms with Gasteiger partial charge < -0.3 is 15.4 Å². The summed E-state index contributed by atoms with van der Waals surface area (Å²) >= 11 is 5.72. The highest BCUT2D eigenvalue weighted by atomic mass is 35.5. The van der Waals surface area contributed by atoms with Gasteiger partial charge in [0.15, 0.2) is 5.82 Å². The maximum absolute atomic E-state index is 13.7. The molecular weight excluding hydrogens is 427 g/mol. The normalized spacial score (nSPS) is 14.5. The molecule has 1 aliphatic heterocycles. The maximum Gasteiger partial charge on any atom is 0.315 e. The Balaban J connectivity index is 1.30. The average molecular weight is 449 g/mol. The number of carbonyl (C=O) groups excluding carboxylic acids is 1. The summed E-state index contributed by atoms with van der Waals surface area (Å²) in [4.78, 5) is 20.6. The number of halogens is 2. The van der Waals surface area contributed by atoms with Crippen LogP contribution in [-0.4, -0.2) is 48.8 Å². The van der Waals surface area contributed by atoms with Crippen molar-refractivity contribution in [2.75, 3.05) is 13.2 Å². The van der Waals surface area contributed by atoms with Crippen molar-refractivity contribution in [1.29, 1.82) is 0 Å². The second-order valence-corrected chi connectivity index (χ2v) is 7.54. The van der Waals surface area contributed by atoms with Gasteiger partial charge >= 0.3 is 6.03 Å². The molecular formula is C19H22ClFN8O2. The average Bonchev–Trinajstić information content (AvgIpc) is 3.43. The van der Waals surface area contributed by atoms with E-state index in [4.69, 9.17) is 16.3 Å². The predicted molar refractivity (Wildman–Crippen MR) is 109 cm³/mol. The van der Waals surface area contributed by atoms with Crippen LogP contribution in [0.4, 0.5) is 9.18 Å². The molecule has 0 unspecified atom stereocenters. The monoisotopic (exact) mass is 448 g/mol. The number of aromatic nitrogens is 6. The first-order valence-electron chi connectivity index (χ1n) is 9.90. The first-order valence-corrected chi connectivity index (χ1v) is 10.3. The number of carbonyl (C=O) groups is 1. The van der Waals surface area contributed by atoms with Gasteiger partial charge in [-0.3, -0.25) is 0 Å². The molecule has 164 valence electrons. The van der Waals surface area contributed by atoms with Crippen molar-refractivity contribution in [3.63, 3.8) is 0 Å². The number of hydrogen-bond donors (Lipinski definition) is 2. The van der Waals surface area contributed by atoms with Crippen LogP contribution in [0.25, 0.3) is 5.69 Å². The molecule has 3 aromatic rings. The predicted octanol–water partition coefficient (Wildman–Crippen LogP) is 2.08. The van der Waals surface area contributed by atoms with Crippen LogP contribution in [0.1, 0.15) is 24.5 Å². The van der Waals surface area contributed by atoms with Crippen molar-refractivity contribution in [3.05, 3.63) is 53.3 Å². The van der Waals surface area contributed by atoms with E-state index >= 15 is 0 Å². The van der Waals surface area contributed by atoms with Crippen LogP contribution in [-0.2, 0) is 24.4 Å². The Hall–Kier alpha value is -3.05. The summed E-state index contributed by atoms with van der Waals surface area (Å²) in [6.07, 6.45) is 4.80. The van der Waals surface area contributed by atoms with E-state index in [-0.39, 0.29) is 18.1 Å². The minimum absolute atomic E-state index is 0.0209. The van der Waals surface area contributed by atoms with Crippen LogP contribution in [0, 0.1) is 11.7 Å². The largest absolute Gasteiger partial charge is 0.381 e. The fourth-order valence-electron chi connectivity index (χ4n) is 3.35. The number of amides is 2. The van der Waals surface area contributed by atoms with Crippen LogP contribution in [0.15, 0.2) is 30.9 Å². The lowest BCUT2D eigenvalue weighted by Gasteiger charge is -2.22. The van der Waals surface area contributed by atoms with E-state index in [9.17, 15) is 9.18 Å². The standard InChI is InChI=1S/C19H22ClFN8O2/c20-15-2-1-14(7-16(15)21)29-18(25-12-27-29)9-23-19(30)22-8-17-24-11-26-28(17)10-13-3-5-31-6-4-13/h1-2,7,11-13H,3-6,8-10H2,(H2,22,23,30). The van der Waals surface area contributed by atoms with E-state index in [1.807, 2.05) is 4.68 Å². The lowest BCUT2D eigenvalue weighted by molar-refractivity contribution is 0.0598. The smallest absolute Gasteiger partial charge is 0.315 e. The fourth-order valence-corrected chi connectivity index (χ4v) is 3.47. The van der Waals surface area contributed by atoms with E-state index < -0.39 is 11.8 Å². The highest BCUT2D eigenvalue weighted by molar-refractivity contribution is 6.30. The van der Waals surface area contributed by atoms with Gasteiger partial charge in [0.1, 0.15) is 24.3 Å². The number of hydrogen-bond acceptors (Lipinski definition) is 6. The number of nitrogens with zero attached hydrogens (tertiary/aromatic N) is 6. The Morgan fingerprint density at radius 2 is 1.84 bits per heavy atom. The molecule has 10 nitrogen and oxygen atoms in total. The first-order chi connectivity index (χ1) is 15.1. The van der Waals surface area contributed by atoms with E-state index in [1.54, 1.807) is 6.07 Å². The van der Waals surface area contributed by atoms with E-state index in [0.29, 0.717) is 23.3 Å². The van der Waals surface area contributed by atoms with Crippen LogP contribution >= 0.6 is 11.6 Å². The number of benzene rings is 1. The van der Waals surface area contributed by atoms with E-state index in [1.165, 1.54) is 29.5 Å². The number of rotatable bonds is 7. The van der Waals surface area contributed by atoms with Gasteiger partial charge in [-0.1, -0.05) is 11.6 Å². The molecule has 31 heavy (non-hydrogen) atoms. The molecule has 4 rings (SSSR count). The molecule has 0 atom stereocenters. The maximum atomic E-state index is 13.7. The molecule has 0 bridgehead atoms. The highest BCUT2D eigenvalue weighted by Crippen LogP contribution is 2.19. The summed E-state index contributed by atoms with van der Waals surface area (Å²) < 4.78 is 22.4. The fraction of sp³-hybridized carbons (Fsp3) is 0.421. The quantitative estimate of drug-likeness (QED) is 0.572. The van der Waals surface area contributed by atoms with Gasteiger partial charge in [-0.05, 0) is 30.9 Å². The molecule has 1 aromatic carbocycles. The zero-order chi connectivity index (χ0) is 21.6. The van der Waals surface area contributed by atoms with Gasteiger partial charge in [-0.2, -0.15) is 10.2 Å². The highest BCUT2D eigenvalue weighted by Gasteiger charge is 2.17. The Morgan fingerprint density at radius 1 is 1.13 bits per heavy atom. The zero-order valence-electron chi connectivity index (χ0n) is 16.7. The summed E-state index contributed by atoms with van der Waals surface area (Å²) in [5.41, 5.74) is 0.456. The number of urea groups is 1. The third-order valence-corrected chi connectivity index (χ3v) is 5.35. The molecule has 2 aromatic heterocycles. The second kappa shape index (κ2) is 9.84. The van der Waals surface area contributed by atoms with Gasteiger partial charge in [-0.15, -0.1) is 0 Å². The second-order valence-electron chi connectivity index (χ2n) is 7.14. The van der Waals surface area contributed by atoms with Crippen molar-refractivity contribution in [1.82, 2.24) is 40.2 Å². The summed E-state index contributed by atoms with van der Waals surface area (Å²) in [5, 5.41) is 13.9. The summed E-state index contributed by atoms with van der Waals surface area (Å²) in [6, 6.07) is 3.92. The van der Waals surface area contributed by atoms with E-state index in [0.717, 1.165) is 32.6 Å². The number of nitrogens with one attached hydrogen (secondary N) is 2. The van der Waals surface area contributed by atoms with Crippen LogP contribution in [0.2, 0.25) is 5.02 Å². The van der Waals surface area contributed by atoms with Gasteiger partial charge in [-0.25, -0.2) is 28.5 Å². The van der Waals surface area contributed by atoms with Crippen molar-refractivity contribution >= 4 is 17.6 Å². The molecule has 3 heterocycles. The molecule has 2 N–H and O–H groups in total. The molecule has 0 aliphatic carbocycles.